The van der Waals surface area contributed by atoms with Crippen LogP contribution in [0.5, 0.6) is 11.5 Å². The number of hydrogen-bond donors (Lipinski definition) is 1. The number of carbonyl (C=O) groups excluding carboxylic acids is 1. The Hall–Kier alpha value is -3.15. The summed E-state index contributed by atoms with van der Waals surface area (Å²) in [5.74, 6) is 0.463. The first-order valence-electron chi connectivity index (χ1n) is 8.51. The predicted octanol–water partition coefficient (Wildman–Crippen LogP) is 3.52. The molecule has 134 valence electrons. The molecule has 0 atom stereocenters. The zero-order valence-corrected chi connectivity index (χ0v) is 15.1. The third kappa shape index (κ3) is 3.18. The Morgan fingerprint density at radius 2 is 1.96 bits per heavy atom. The second-order valence-corrected chi connectivity index (χ2v) is 5.78. The first-order valence-corrected chi connectivity index (χ1v) is 8.51. The molecule has 1 aliphatic rings. The molecule has 0 saturated heterocycles. The zero-order chi connectivity index (χ0) is 18.7. The van der Waals surface area contributed by atoms with Crippen molar-refractivity contribution in [3.8, 4) is 11.5 Å². The van der Waals surface area contributed by atoms with Gasteiger partial charge < -0.3 is 14.7 Å². The second-order valence-electron chi connectivity index (χ2n) is 5.78. The van der Waals surface area contributed by atoms with Crippen LogP contribution in [0.1, 0.15) is 29.9 Å². The van der Waals surface area contributed by atoms with Gasteiger partial charge in [-0.05, 0) is 44.2 Å². The van der Waals surface area contributed by atoms with Gasteiger partial charge in [-0.1, -0.05) is 0 Å². The van der Waals surface area contributed by atoms with Crippen molar-refractivity contribution in [2.45, 2.75) is 13.8 Å². The molecule has 6 nitrogen and oxygen atoms in total. The molecule has 0 aliphatic heterocycles. The van der Waals surface area contributed by atoms with Crippen LogP contribution in [-0.4, -0.2) is 41.8 Å². The number of carbonyl (C=O) groups is 1. The zero-order valence-electron chi connectivity index (χ0n) is 15.1. The number of allylic oxidation sites excluding steroid dienone is 2. The Labute approximate surface area is 152 Å². The van der Waals surface area contributed by atoms with Crippen LogP contribution in [0.15, 0.2) is 47.6 Å². The molecule has 0 saturated carbocycles. The van der Waals surface area contributed by atoms with Crippen molar-refractivity contribution in [2.24, 2.45) is 4.99 Å². The smallest absolute Gasteiger partial charge is 0.205 e. The molecular weight excluding hydrogens is 330 g/mol. The molecule has 26 heavy (non-hydrogen) atoms. The summed E-state index contributed by atoms with van der Waals surface area (Å²) < 4.78 is 5.53. The van der Waals surface area contributed by atoms with Crippen LogP contribution in [0.3, 0.4) is 0 Å². The summed E-state index contributed by atoms with van der Waals surface area (Å²) in [6.45, 7) is 5.93. The molecule has 0 fully saturated rings. The molecule has 6 heteroatoms. The molecule has 1 aromatic carbocycles. The summed E-state index contributed by atoms with van der Waals surface area (Å²) in [7, 11) is 1.63. The number of hydrogen-bond acceptors (Lipinski definition) is 6. The number of anilines is 1. The molecule has 0 amide bonds. The fourth-order valence-electron chi connectivity index (χ4n) is 3.00. The van der Waals surface area contributed by atoms with Gasteiger partial charge in [0.05, 0.1) is 29.8 Å². The summed E-state index contributed by atoms with van der Waals surface area (Å²) in [4.78, 5) is 22.8. The van der Waals surface area contributed by atoms with Crippen molar-refractivity contribution in [1.29, 1.82) is 0 Å². The van der Waals surface area contributed by atoms with Gasteiger partial charge in [-0.2, -0.15) is 0 Å². The maximum atomic E-state index is 12.0. The van der Waals surface area contributed by atoms with Crippen LogP contribution in [-0.2, 0) is 0 Å². The van der Waals surface area contributed by atoms with E-state index in [2.05, 4.69) is 28.7 Å². The number of rotatable bonds is 5. The lowest BCUT2D eigenvalue weighted by molar-refractivity contribution is 0.104. The molecule has 0 spiro atoms. The minimum absolute atomic E-state index is 0.0156. The monoisotopic (exact) mass is 351 g/mol. The normalized spacial score (nSPS) is 14.4. The van der Waals surface area contributed by atoms with Crippen LogP contribution >= 0.6 is 0 Å². The molecule has 0 unspecified atom stereocenters. The average molecular weight is 351 g/mol. The molecule has 1 heterocycles. The van der Waals surface area contributed by atoms with Gasteiger partial charge in [0.2, 0.25) is 5.78 Å². The van der Waals surface area contributed by atoms with Crippen molar-refractivity contribution in [2.75, 3.05) is 25.1 Å². The Balaban J connectivity index is 2.06. The lowest BCUT2D eigenvalue weighted by atomic mass is 9.98. The fourth-order valence-corrected chi connectivity index (χ4v) is 3.00. The third-order valence-electron chi connectivity index (χ3n) is 4.33. The quantitative estimate of drug-likeness (QED) is 0.892. The first-order chi connectivity index (χ1) is 12.6. The number of pyridine rings is 1. The van der Waals surface area contributed by atoms with Crippen LogP contribution in [0.25, 0.3) is 0 Å². The maximum Gasteiger partial charge on any atom is 0.205 e. The Morgan fingerprint density at radius 3 is 2.65 bits per heavy atom. The number of nitrogens with zero attached hydrogens (tertiary/aromatic N) is 3. The summed E-state index contributed by atoms with van der Waals surface area (Å²) in [6, 6.07) is 7.15. The van der Waals surface area contributed by atoms with Gasteiger partial charge in [0.1, 0.15) is 17.2 Å². The van der Waals surface area contributed by atoms with Gasteiger partial charge in [-0.3, -0.25) is 9.78 Å². The van der Waals surface area contributed by atoms with Gasteiger partial charge in [0.15, 0.2) is 0 Å². The van der Waals surface area contributed by atoms with Crippen LogP contribution in [0.4, 0.5) is 11.4 Å². The topological polar surface area (TPSA) is 75.0 Å². The van der Waals surface area contributed by atoms with E-state index in [0.29, 0.717) is 17.0 Å². The lowest BCUT2D eigenvalue weighted by Crippen LogP contribution is -2.22. The van der Waals surface area contributed by atoms with E-state index in [-0.39, 0.29) is 17.2 Å². The molecule has 1 aliphatic carbocycles. The summed E-state index contributed by atoms with van der Waals surface area (Å²) in [5.41, 5.74) is 2.72. The van der Waals surface area contributed by atoms with Crippen LogP contribution < -0.4 is 9.64 Å². The van der Waals surface area contributed by atoms with Gasteiger partial charge in [0, 0.05) is 25.4 Å². The van der Waals surface area contributed by atoms with E-state index in [1.54, 1.807) is 13.2 Å². The van der Waals surface area contributed by atoms with Gasteiger partial charge in [-0.25, -0.2) is 4.99 Å². The number of aromatic hydroxyl groups is 1. The summed E-state index contributed by atoms with van der Waals surface area (Å²) >= 11 is 0. The highest BCUT2D eigenvalue weighted by Crippen LogP contribution is 2.33. The number of benzene rings is 1. The van der Waals surface area contributed by atoms with Gasteiger partial charge in [-0.15, -0.1) is 0 Å². The number of methoxy groups -OCH3 is 1. The van der Waals surface area contributed by atoms with Gasteiger partial charge in [0.25, 0.3) is 0 Å². The molecule has 0 bridgehead atoms. The number of ether oxygens (including phenoxy) is 1. The Kier molecular flexibility index (Phi) is 5.02. The van der Waals surface area contributed by atoms with E-state index in [4.69, 9.17) is 4.74 Å². The van der Waals surface area contributed by atoms with E-state index >= 15 is 0 Å². The highest BCUT2D eigenvalue weighted by atomic mass is 16.5. The maximum absolute atomic E-state index is 12.0. The van der Waals surface area contributed by atoms with Crippen molar-refractivity contribution in [1.82, 2.24) is 4.98 Å². The van der Waals surface area contributed by atoms with E-state index < -0.39 is 0 Å². The number of aromatic nitrogens is 1. The molecular formula is C20H21N3O3. The average Bonchev–Trinajstić information content (AvgIpc) is 2.66. The van der Waals surface area contributed by atoms with Crippen molar-refractivity contribution >= 4 is 22.9 Å². The molecule has 1 N–H and O–H groups in total. The van der Waals surface area contributed by atoms with Crippen LogP contribution in [0.2, 0.25) is 0 Å². The largest absolute Gasteiger partial charge is 0.507 e. The fraction of sp³-hybridized carbons (Fsp3) is 0.250. The second kappa shape index (κ2) is 7.39. The molecule has 3 rings (SSSR count). The van der Waals surface area contributed by atoms with E-state index in [0.717, 1.165) is 24.5 Å². The van der Waals surface area contributed by atoms with Crippen molar-refractivity contribution in [3.05, 3.63) is 53.9 Å². The third-order valence-corrected chi connectivity index (χ3v) is 4.33. The van der Waals surface area contributed by atoms with E-state index in [1.807, 2.05) is 18.2 Å². The Morgan fingerprint density at radius 1 is 1.19 bits per heavy atom. The minimum Gasteiger partial charge on any atom is -0.507 e. The predicted molar refractivity (Wildman–Crippen MR) is 102 cm³/mol. The number of fused-ring (bicyclic) bond motifs is 1. The summed E-state index contributed by atoms with van der Waals surface area (Å²) in [6.07, 6.45) is 4.41. The number of aliphatic imine (C=N–C) groups is 1. The number of ketones is 1. The molecule has 0 radical (unpaired) electrons. The lowest BCUT2D eigenvalue weighted by Gasteiger charge is -2.23. The first kappa shape index (κ1) is 17.7. The molecule has 1 aromatic heterocycles. The van der Waals surface area contributed by atoms with Crippen molar-refractivity contribution < 1.29 is 14.6 Å². The molecule has 2 aromatic rings. The Bertz CT molecular complexity index is 899. The van der Waals surface area contributed by atoms with E-state index in [1.165, 1.54) is 18.3 Å². The summed E-state index contributed by atoms with van der Waals surface area (Å²) in [5, 5.41) is 10.2. The highest BCUT2D eigenvalue weighted by molar-refractivity contribution is 6.24. The highest BCUT2D eigenvalue weighted by Gasteiger charge is 2.22. The SMILES string of the molecule is CCN(CC)c1ccc(N=C2C=CC(=O)c3nccc(O)c32)cc1OC. The van der Waals surface area contributed by atoms with Gasteiger partial charge >= 0.3 is 0 Å². The van der Waals surface area contributed by atoms with Crippen molar-refractivity contribution in [3.63, 3.8) is 0 Å². The van der Waals surface area contributed by atoms with E-state index in [9.17, 15) is 9.90 Å². The van der Waals surface area contributed by atoms with Crippen LogP contribution in [0, 0.1) is 0 Å². The minimum atomic E-state index is -0.246. The standard InChI is InChI=1S/C20H21N3O3/c1-4-23(5-2)15-8-6-13(12-18(15)26-3)22-14-7-9-17(25)20-19(14)16(24)10-11-21-20/h6-12H,4-5H2,1-3H3,(H,21,24).